The molecule has 1 rings (SSSR count). The molecule has 1 aromatic rings. The lowest BCUT2D eigenvalue weighted by molar-refractivity contribution is 0.185. The van der Waals surface area contributed by atoms with Crippen molar-refractivity contribution in [2.24, 2.45) is 0 Å². The van der Waals surface area contributed by atoms with E-state index in [2.05, 4.69) is 0 Å². The second kappa shape index (κ2) is 13.7. The Bertz CT molecular complexity index is 158. The monoisotopic (exact) mass is 182 g/mol. The Morgan fingerprint density at radius 2 is 1.38 bits per heavy atom. The Hall–Kier alpha value is -0.820. The van der Waals surface area contributed by atoms with Crippen LogP contribution in [0.4, 0.5) is 0 Å². The zero-order chi connectivity index (χ0) is 10.5. The summed E-state index contributed by atoms with van der Waals surface area (Å²) >= 11 is 0. The molecule has 1 aromatic carbocycles. The van der Waals surface area contributed by atoms with Gasteiger partial charge in [0.2, 0.25) is 0 Å². The van der Waals surface area contributed by atoms with E-state index in [-0.39, 0.29) is 0 Å². The van der Waals surface area contributed by atoms with E-state index in [0.717, 1.165) is 0 Å². The van der Waals surface area contributed by atoms with Gasteiger partial charge in [0.15, 0.2) is 0 Å². The Morgan fingerprint density at radius 1 is 0.923 bits per heavy atom. The summed E-state index contributed by atoms with van der Waals surface area (Å²) in [6.45, 7) is 8.71. The van der Waals surface area contributed by atoms with Crippen LogP contribution in [0.1, 0.15) is 33.3 Å². The molecule has 0 aliphatic heterocycles. The third-order valence-corrected chi connectivity index (χ3v) is 1.15. The molecule has 0 atom stereocenters. The highest BCUT2D eigenvalue weighted by atomic mass is 16.5. The van der Waals surface area contributed by atoms with Crippen molar-refractivity contribution in [2.75, 3.05) is 7.11 Å². The molecule has 0 aliphatic carbocycles. The van der Waals surface area contributed by atoms with Gasteiger partial charge in [-0.05, 0) is 5.56 Å². The number of rotatable bonds is 2. The molecule has 1 heteroatoms. The first-order valence-corrected chi connectivity index (χ1v) is 4.96. The highest BCUT2D eigenvalue weighted by molar-refractivity contribution is 5.13. The molecular weight excluding hydrogens is 160 g/mol. The molecular formula is C12H22O. The lowest BCUT2D eigenvalue weighted by Gasteiger charge is -1.95. The summed E-state index contributed by atoms with van der Waals surface area (Å²) in [5, 5.41) is 0. The van der Waals surface area contributed by atoms with Crippen molar-refractivity contribution in [1.82, 2.24) is 0 Å². The molecule has 0 heterocycles. The molecule has 0 fully saturated rings. The van der Waals surface area contributed by atoms with Gasteiger partial charge in [0.25, 0.3) is 0 Å². The van der Waals surface area contributed by atoms with Gasteiger partial charge in [0.05, 0.1) is 6.61 Å². The van der Waals surface area contributed by atoms with Crippen LogP contribution in [0.2, 0.25) is 0 Å². The van der Waals surface area contributed by atoms with E-state index in [9.17, 15) is 0 Å². The quantitative estimate of drug-likeness (QED) is 0.674. The van der Waals surface area contributed by atoms with Crippen molar-refractivity contribution in [3.63, 3.8) is 0 Å². The summed E-state index contributed by atoms with van der Waals surface area (Å²) in [6.07, 6.45) is 0. The minimum Gasteiger partial charge on any atom is -0.380 e. The van der Waals surface area contributed by atoms with Crippen LogP contribution in [-0.4, -0.2) is 7.11 Å². The van der Waals surface area contributed by atoms with Gasteiger partial charge in [-0.2, -0.15) is 0 Å². The van der Waals surface area contributed by atoms with Crippen LogP contribution in [-0.2, 0) is 11.3 Å². The second-order valence-electron chi connectivity index (χ2n) is 1.92. The molecule has 0 saturated heterocycles. The van der Waals surface area contributed by atoms with Gasteiger partial charge < -0.3 is 4.74 Å². The summed E-state index contributed by atoms with van der Waals surface area (Å²) in [6, 6.07) is 10.1. The summed E-state index contributed by atoms with van der Waals surface area (Å²) in [5.74, 6) is 0. The Balaban J connectivity index is 0. The van der Waals surface area contributed by atoms with Crippen LogP contribution in [0.3, 0.4) is 0 Å². The van der Waals surface area contributed by atoms with Crippen LogP contribution in [0.15, 0.2) is 30.3 Å². The molecule has 0 aliphatic rings. The molecule has 0 spiro atoms. The Kier molecular flexibility index (Phi) is 15.5. The average molecular weight is 182 g/mol. The fraction of sp³-hybridized carbons (Fsp3) is 0.500. The van der Waals surface area contributed by atoms with E-state index in [0.29, 0.717) is 6.61 Å². The molecule has 0 amide bonds. The third-order valence-electron chi connectivity index (χ3n) is 1.15. The van der Waals surface area contributed by atoms with E-state index >= 15 is 0 Å². The normalized spacial score (nSPS) is 7.46. The summed E-state index contributed by atoms with van der Waals surface area (Å²) in [7, 11) is 1.70. The first-order chi connectivity index (χ1) is 6.43. The van der Waals surface area contributed by atoms with Gasteiger partial charge in [-0.3, -0.25) is 0 Å². The van der Waals surface area contributed by atoms with Crippen molar-refractivity contribution >= 4 is 0 Å². The molecule has 0 radical (unpaired) electrons. The molecule has 0 unspecified atom stereocenters. The van der Waals surface area contributed by atoms with E-state index in [1.807, 2.05) is 58.0 Å². The Labute approximate surface area is 82.7 Å². The van der Waals surface area contributed by atoms with Gasteiger partial charge in [0, 0.05) is 7.11 Å². The maximum absolute atomic E-state index is 4.93. The predicted molar refractivity (Wildman–Crippen MR) is 59.9 cm³/mol. The van der Waals surface area contributed by atoms with Crippen LogP contribution in [0, 0.1) is 0 Å². The molecule has 76 valence electrons. The fourth-order valence-corrected chi connectivity index (χ4v) is 0.741. The highest BCUT2D eigenvalue weighted by Gasteiger charge is 1.84. The maximum Gasteiger partial charge on any atom is 0.0713 e. The average Bonchev–Trinajstić information content (AvgIpc) is 2.26. The smallest absolute Gasteiger partial charge is 0.0713 e. The molecule has 0 N–H and O–H groups in total. The molecule has 1 nitrogen and oxygen atoms in total. The van der Waals surface area contributed by atoms with Crippen molar-refractivity contribution in [3.8, 4) is 0 Å². The van der Waals surface area contributed by atoms with Gasteiger partial charge in [-0.15, -0.1) is 0 Å². The maximum atomic E-state index is 4.93. The van der Waals surface area contributed by atoms with Gasteiger partial charge >= 0.3 is 0 Å². The van der Waals surface area contributed by atoms with Gasteiger partial charge in [-0.1, -0.05) is 58.0 Å². The van der Waals surface area contributed by atoms with Crippen LogP contribution >= 0.6 is 0 Å². The number of hydrogen-bond acceptors (Lipinski definition) is 1. The van der Waals surface area contributed by atoms with Crippen molar-refractivity contribution in [1.29, 1.82) is 0 Å². The Morgan fingerprint density at radius 3 is 1.77 bits per heavy atom. The number of benzene rings is 1. The molecule has 13 heavy (non-hydrogen) atoms. The van der Waals surface area contributed by atoms with E-state index < -0.39 is 0 Å². The summed E-state index contributed by atoms with van der Waals surface area (Å²) in [5.41, 5.74) is 1.22. The van der Waals surface area contributed by atoms with Crippen LogP contribution in [0.5, 0.6) is 0 Å². The number of ether oxygens (including phenoxy) is 1. The zero-order valence-corrected chi connectivity index (χ0v) is 9.50. The predicted octanol–water partition coefficient (Wildman–Crippen LogP) is 3.89. The minimum absolute atomic E-state index is 0.709. The van der Waals surface area contributed by atoms with Crippen molar-refractivity contribution in [3.05, 3.63) is 35.9 Å². The topological polar surface area (TPSA) is 9.23 Å². The molecule has 0 aromatic heterocycles. The summed E-state index contributed by atoms with van der Waals surface area (Å²) < 4.78 is 4.93. The number of hydrogen-bond donors (Lipinski definition) is 0. The SMILES string of the molecule is CC.CC.COCc1ccccc1. The fourth-order valence-electron chi connectivity index (χ4n) is 0.741. The standard InChI is InChI=1S/C8H10O.2C2H6/c1-9-7-8-5-3-2-4-6-8;2*1-2/h2-6H,7H2,1H3;2*1-2H3. The van der Waals surface area contributed by atoms with E-state index in [4.69, 9.17) is 4.74 Å². The van der Waals surface area contributed by atoms with Crippen LogP contribution < -0.4 is 0 Å². The van der Waals surface area contributed by atoms with Crippen molar-refractivity contribution in [2.45, 2.75) is 34.3 Å². The largest absolute Gasteiger partial charge is 0.380 e. The minimum atomic E-state index is 0.709. The zero-order valence-electron chi connectivity index (χ0n) is 9.50. The second-order valence-corrected chi connectivity index (χ2v) is 1.92. The van der Waals surface area contributed by atoms with Crippen LogP contribution in [0.25, 0.3) is 0 Å². The van der Waals surface area contributed by atoms with Gasteiger partial charge in [-0.25, -0.2) is 0 Å². The van der Waals surface area contributed by atoms with Crippen molar-refractivity contribution < 1.29 is 4.74 Å². The van der Waals surface area contributed by atoms with E-state index in [1.54, 1.807) is 7.11 Å². The summed E-state index contributed by atoms with van der Waals surface area (Å²) in [4.78, 5) is 0. The van der Waals surface area contributed by atoms with E-state index in [1.165, 1.54) is 5.56 Å². The molecule has 0 bridgehead atoms. The third kappa shape index (κ3) is 9.09. The first kappa shape index (κ1) is 14.7. The lowest BCUT2D eigenvalue weighted by Crippen LogP contribution is -1.84. The lowest BCUT2D eigenvalue weighted by atomic mass is 10.2. The highest BCUT2D eigenvalue weighted by Crippen LogP contribution is 1.98. The first-order valence-electron chi connectivity index (χ1n) is 4.96. The number of methoxy groups -OCH3 is 1. The van der Waals surface area contributed by atoms with Gasteiger partial charge in [0.1, 0.15) is 0 Å². The molecule has 0 saturated carbocycles.